The van der Waals surface area contributed by atoms with Crippen LogP contribution in [-0.4, -0.2) is 12.6 Å². The zero-order valence-corrected chi connectivity index (χ0v) is 28.7. The van der Waals surface area contributed by atoms with Crippen LogP contribution in [0.4, 0.5) is 0 Å². The van der Waals surface area contributed by atoms with Gasteiger partial charge in [-0.3, -0.25) is 0 Å². The highest BCUT2D eigenvalue weighted by molar-refractivity contribution is 7.16. The summed E-state index contributed by atoms with van der Waals surface area (Å²) in [5, 5.41) is 12.0. The van der Waals surface area contributed by atoms with E-state index in [4.69, 9.17) is 0 Å². The third kappa shape index (κ3) is 5.02. The van der Waals surface area contributed by atoms with Gasteiger partial charge in [0.2, 0.25) is 0 Å². The number of allylic oxidation sites excluding steroid dienone is 2. The molecule has 1 unspecified atom stereocenters. The molecule has 0 saturated heterocycles. The lowest BCUT2D eigenvalue weighted by Gasteiger charge is -2.40. The SMILES string of the molecule is C1=C(c2ccccc2)C=C([Si](c2ccccc2)(c2ccccc2)c2ccc3c(c2)c2ccccc2n3-c2ccccc2)NC1c1ccccc1. The summed E-state index contributed by atoms with van der Waals surface area (Å²) >= 11 is 0. The fraction of sp³-hybridized carbons (Fsp3) is 0.0213. The highest BCUT2D eigenvalue weighted by atomic mass is 28.3. The van der Waals surface area contributed by atoms with E-state index < -0.39 is 8.07 Å². The predicted octanol–water partition coefficient (Wildman–Crippen LogP) is 9.11. The lowest BCUT2D eigenvalue weighted by atomic mass is 9.97. The molecule has 8 aromatic rings. The predicted molar refractivity (Wildman–Crippen MR) is 213 cm³/mol. The number of dihydropyridines is 1. The Bertz CT molecular complexity index is 2440. The standard InChI is InChI=1S/C47H36N2Si/c1-6-18-35(19-7-1)37-32-44(36-20-8-2-9-21-36)48-47(33-37)50(39-24-12-4-13-25-39,40-26-14-5-15-27-40)41-30-31-46-43(34-41)42-28-16-17-29-45(42)49(46)38-22-10-3-11-23-38/h1-34,44,48H. The maximum absolute atomic E-state index is 4.16. The van der Waals surface area contributed by atoms with Gasteiger partial charge in [-0.25, -0.2) is 0 Å². The summed E-state index contributed by atoms with van der Waals surface area (Å²) in [5.41, 5.74) is 7.29. The van der Waals surface area contributed by atoms with Crippen LogP contribution in [0, 0.1) is 0 Å². The second-order valence-electron chi connectivity index (χ2n) is 13.0. The average Bonchev–Trinajstić information content (AvgIpc) is 3.54. The number of para-hydroxylation sites is 2. The molecule has 3 heteroatoms. The fourth-order valence-corrected chi connectivity index (χ4v) is 12.7. The molecular weight excluding hydrogens is 621 g/mol. The molecule has 1 atom stereocenters. The number of aromatic nitrogens is 1. The molecule has 7 aromatic carbocycles. The van der Waals surface area contributed by atoms with Crippen LogP contribution in [0.5, 0.6) is 0 Å². The first-order valence-electron chi connectivity index (χ1n) is 17.3. The first kappa shape index (κ1) is 29.9. The van der Waals surface area contributed by atoms with Crippen LogP contribution < -0.4 is 20.9 Å². The van der Waals surface area contributed by atoms with Crippen molar-refractivity contribution < 1.29 is 0 Å². The molecule has 9 rings (SSSR count). The van der Waals surface area contributed by atoms with Gasteiger partial charge in [0.15, 0.2) is 8.07 Å². The minimum absolute atomic E-state index is 0.00873. The Morgan fingerprint density at radius 3 is 1.66 bits per heavy atom. The van der Waals surface area contributed by atoms with E-state index in [9.17, 15) is 0 Å². The third-order valence-corrected chi connectivity index (χ3v) is 14.8. The van der Waals surface area contributed by atoms with Gasteiger partial charge in [-0.15, -0.1) is 0 Å². The van der Waals surface area contributed by atoms with E-state index in [1.54, 1.807) is 0 Å². The Kier molecular flexibility index (Phi) is 7.60. The van der Waals surface area contributed by atoms with E-state index in [1.165, 1.54) is 65.1 Å². The smallest absolute Gasteiger partial charge is 0.198 e. The molecule has 2 heterocycles. The molecule has 0 aliphatic carbocycles. The van der Waals surface area contributed by atoms with Crippen LogP contribution in [0.15, 0.2) is 212 Å². The monoisotopic (exact) mass is 656 g/mol. The Labute approximate surface area is 294 Å². The van der Waals surface area contributed by atoms with Gasteiger partial charge in [-0.2, -0.15) is 0 Å². The van der Waals surface area contributed by atoms with Crippen molar-refractivity contribution in [3.05, 3.63) is 223 Å². The molecule has 1 aliphatic rings. The van der Waals surface area contributed by atoms with Crippen molar-refractivity contribution in [1.29, 1.82) is 0 Å². The molecule has 0 fully saturated rings. The molecular formula is C47H36N2Si. The van der Waals surface area contributed by atoms with Gasteiger partial charge in [0.05, 0.1) is 17.1 Å². The Morgan fingerprint density at radius 1 is 0.460 bits per heavy atom. The molecule has 2 nitrogen and oxygen atoms in total. The normalized spacial score (nSPS) is 14.6. The van der Waals surface area contributed by atoms with Crippen LogP contribution in [-0.2, 0) is 0 Å². The van der Waals surface area contributed by atoms with E-state index in [1.807, 2.05) is 0 Å². The van der Waals surface area contributed by atoms with Crippen LogP contribution in [0.2, 0.25) is 0 Å². The van der Waals surface area contributed by atoms with Crippen LogP contribution in [0.3, 0.4) is 0 Å². The Balaban J connectivity index is 1.37. The Morgan fingerprint density at radius 2 is 1.00 bits per heavy atom. The molecule has 0 saturated carbocycles. The summed E-state index contributed by atoms with van der Waals surface area (Å²) in [6.45, 7) is 0. The molecule has 1 aromatic heterocycles. The van der Waals surface area contributed by atoms with Crippen molar-refractivity contribution in [3.8, 4) is 5.69 Å². The van der Waals surface area contributed by atoms with Crippen LogP contribution >= 0.6 is 0 Å². The molecule has 0 bridgehead atoms. The molecule has 0 spiro atoms. The van der Waals surface area contributed by atoms with Crippen molar-refractivity contribution in [2.45, 2.75) is 6.04 Å². The van der Waals surface area contributed by atoms with Crippen molar-refractivity contribution >= 4 is 51.0 Å². The summed E-state index contributed by atoms with van der Waals surface area (Å²) in [7, 11) is -2.95. The van der Waals surface area contributed by atoms with Crippen LogP contribution in [0.25, 0.3) is 33.1 Å². The highest BCUT2D eigenvalue weighted by Crippen LogP contribution is 2.35. The minimum Gasteiger partial charge on any atom is -0.381 e. The molecule has 1 aliphatic heterocycles. The zero-order valence-electron chi connectivity index (χ0n) is 27.7. The van der Waals surface area contributed by atoms with E-state index in [2.05, 4.69) is 216 Å². The number of fused-ring (bicyclic) bond motifs is 3. The second-order valence-corrected chi connectivity index (χ2v) is 16.8. The molecule has 0 radical (unpaired) electrons. The fourth-order valence-electron chi connectivity index (χ4n) is 7.90. The number of nitrogens with one attached hydrogen (secondary N) is 1. The zero-order chi connectivity index (χ0) is 33.3. The molecule has 1 N–H and O–H groups in total. The van der Waals surface area contributed by atoms with Gasteiger partial charge >= 0.3 is 0 Å². The van der Waals surface area contributed by atoms with Gasteiger partial charge < -0.3 is 9.88 Å². The van der Waals surface area contributed by atoms with Crippen molar-refractivity contribution in [3.63, 3.8) is 0 Å². The summed E-state index contributed by atoms with van der Waals surface area (Å²) in [5.74, 6) is 0. The summed E-state index contributed by atoms with van der Waals surface area (Å²) in [4.78, 5) is 0. The van der Waals surface area contributed by atoms with Gasteiger partial charge in [0, 0.05) is 21.8 Å². The first-order chi connectivity index (χ1) is 24.8. The number of nitrogens with zero attached hydrogens (tertiary/aromatic N) is 1. The summed E-state index contributed by atoms with van der Waals surface area (Å²) in [6, 6.07) is 70.9. The summed E-state index contributed by atoms with van der Waals surface area (Å²) in [6.07, 6.45) is 4.83. The molecule has 50 heavy (non-hydrogen) atoms. The quantitative estimate of drug-likeness (QED) is 0.134. The third-order valence-electron chi connectivity index (χ3n) is 10.2. The molecule has 238 valence electrons. The van der Waals surface area contributed by atoms with Crippen molar-refractivity contribution in [1.82, 2.24) is 9.88 Å². The van der Waals surface area contributed by atoms with E-state index in [0.29, 0.717) is 0 Å². The topological polar surface area (TPSA) is 17.0 Å². The average molecular weight is 657 g/mol. The number of hydrogen-bond acceptors (Lipinski definition) is 1. The van der Waals surface area contributed by atoms with Crippen molar-refractivity contribution in [2.75, 3.05) is 0 Å². The van der Waals surface area contributed by atoms with E-state index in [-0.39, 0.29) is 6.04 Å². The maximum Gasteiger partial charge on any atom is 0.198 e. The van der Waals surface area contributed by atoms with Crippen LogP contribution in [0.1, 0.15) is 17.2 Å². The highest BCUT2D eigenvalue weighted by Gasteiger charge is 2.45. The van der Waals surface area contributed by atoms with Crippen molar-refractivity contribution in [2.24, 2.45) is 0 Å². The molecule has 0 amide bonds. The van der Waals surface area contributed by atoms with Gasteiger partial charge in [-0.1, -0.05) is 170 Å². The Hall–Kier alpha value is -6.16. The largest absolute Gasteiger partial charge is 0.381 e. The number of benzene rings is 7. The van der Waals surface area contributed by atoms with Gasteiger partial charge in [-0.05, 0) is 68.7 Å². The second kappa shape index (κ2) is 12.7. The number of hydrogen-bond donors (Lipinski definition) is 1. The maximum atomic E-state index is 4.16. The number of rotatable bonds is 7. The minimum atomic E-state index is -2.95. The van der Waals surface area contributed by atoms with E-state index >= 15 is 0 Å². The van der Waals surface area contributed by atoms with E-state index in [0.717, 1.165) is 0 Å². The van der Waals surface area contributed by atoms with Gasteiger partial charge in [0.1, 0.15) is 0 Å². The lowest BCUT2D eigenvalue weighted by molar-refractivity contribution is 0.733. The first-order valence-corrected chi connectivity index (χ1v) is 19.3. The van der Waals surface area contributed by atoms with Gasteiger partial charge in [0.25, 0.3) is 0 Å². The summed E-state index contributed by atoms with van der Waals surface area (Å²) < 4.78 is 2.41. The lowest BCUT2D eigenvalue weighted by Crippen LogP contribution is -2.71.